The smallest absolute Gasteiger partial charge is 0.261 e. The van der Waals surface area contributed by atoms with Crippen LogP contribution < -0.4 is 10.3 Å². The van der Waals surface area contributed by atoms with Crippen LogP contribution in [0.3, 0.4) is 0 Å². The van der Waals surface area contributed by atoms with Gasteiger partial charge in [-0.05, 0) is 12.1 Å². The Balaban J connectivity index is 1.35. The molecular weight excluding hydrogens is 380 g/mol. The molecule has 0 N–H and O–H groups in total. The summed E-state index contributed by atoms with van der Waals surface area (Å²) in [6.07, 6.45) is 5.52. The van der Waals surface area contributed by atoms with Crippen molar-refractivity contribution in [1.29, 1.82) is 0 Å². The third-order valence-corrected chi connectivity index (χ3v) is 5.11. The number of amides is 1. The lowest BCUT2D eigenvalue weighted by Crippen LogP contribution is -2.32. The van der Waals surface area contributed by atoms with Crippen molar-refractivity contribution in [3.63, 3.8) is 0 Å². The number of ether oxygens (including phenoxy) is 1. The lowest BCUT2D eigenvalue weighted by Gasteiger charge is -2.18. The molecule has 144 valence electrons. The Kier molecular flexibility index (Phi) is 5.25. The Bertz CT molecular complexity index is 1070. The van der Waals surface area contributed by atoms with Crippen molar-refractivity contribution < 1.29 is 9.53 Å². The molecule has 3 heterocycles. The molecule has 0 saturated carbocycles. The monoisotopic (exact) mass is 398 g/mol. The highest BCUT2D eigenvalue weighted by atomic mass is 35.5. The van der Waals surface area contributed by atoms with E-state index in [1.807, 2.05) is 6.07 Å². The van der Waals surface area contributed by atoms with E-state index in [1.165, 1.54) is 17.1 Å². The van der Waals surface area contributed by atoms with Crippen molar-refractivity contribution in [2.24, 2.45) is 0 Å². The Hall–Kier alpha value is -2.93. The van der Waals surface area contributed by atoms with Crippen LogP contribution in [0.1, 0.15) is 12.8 Å². The number of aryl methyl sites for hydroxylation is 1. The molecule has 1 aromatic carbocycles. The molecule has 7 nitrogen and oxygen atoms in total. The van der Waals surface area contributed by atoms with Gasteiger partial charge in [0.1, 0.15) is 16.9 Å². The average molecular weight is 399 g/mol. The van der Waals surface area contributed by atoms with Gasteiger partial charge in [0.05, 0.1) is 23.8 Å². The maximum Gasteiger partial charge on any atom is 0.261 e. The number of carbonyl (C=O) groups excluding carboxylic acids is 1. The molecule has 0 aliphatic carbocycles. The van der Waals surface area contributed by atoms with E-state index in [0.29, 0.717) is 41.3 Å². The summed E-state index contributed by atoms with van der Waals surface area (Å²) in [4.78, 5) is 35.0. The van der Waals surface area contributed by atoms with Crippen molar-refractivity contribution in [3.8, 4) is 5.75 Å². The molecule has 1 fully saturated rings. The summed E-state index contributed by atoms with van der Waals surface area (Å²) in [7, 11) is 0. The number of hydrogen-bond donors (Lipinski definition) is 0. The molecular formula is C20H19ClN4O3. The number of benzene rings is 1. The standard InChI is InChI=1S/C20H19ClN4O3/c21-16-11-22-8-5-18(16)28-14-6-9-24(12-14)19(26)7-10-25-13-23-17-4-2-1-3-15(17)20(25)27/h1-5,8,11,13-14H,6-7,9-10,12H2/t14-/m0/s1. The van der Waals surface area contributed by atoms with Crippen LogP contribution in [-0.4, -0.2) is 44.5 Å². The number of hydrogen-bond acceptors (Lipinski definition) is 5. The highest BCUT2D eigenvalue weighted by Gasteiger charge is 2.27. The third-order valence-electron chi connectivity index (χ3n) is 4.82. The molecule has 1 amide bonds. The molecule has 3 aromatic rings. The van der Waals surface area contributed by atoms with Gasteiger partial charge >= 0.3 is 0 Å². The predicted octanol–water partition coefficient (Wildman–Crippen LogP) is 2.51. The van der Waals surface area contributed by atoms with Gasteiger partial charge in [-0.1, -0.05) is 23.7 Å². The summed E-state index contributed by atoms with van der Waals surface area (Å²) in [6.45, 7) is 1.42. The van der Waals surface area contributed by atoms with Crippen LogP contribution in [0, 0.1) is 0 Å². The summed E-state index contributed by atoms with van der Waals surface area (Å²) < 4.78 is 7.37. The molecule has 0 spiro atoms. The Morgan fingerprint density at radius 3 is 3.00 bits per heavy atom. The van der Waals surface area contributed by atoms with Crippen LogP contribution >= 0.6 is 11.6 Å². The van der Waals surface area contributed by atoms with Crippen molar-refractivity contribution in [1.82, 2.24) is 19.4 Å². The highest BCUT2D eigenvalue weighted by Crippen LogP contribution is 2.25. The van der Waals surface area contributed by atoms with Gasteiger partial charge in [0.2, 0.25) is 5.91 Å². The number of fused-ring (bicyclic) bond motifs is 1. The molecule has 8 heteroatoms. The van der Waals surface area contributed by atoms with Gasteiger partial charge in [0, 0.05) is 44.4 Å². The minimum atomic E-state index is -0.131. The molecule has 4 rings (SSSR count). The van der Waals surface area contributed by atoms with E-state index in [4.69, 9.17) is 16.3 Å². The Labute approximate surface area is 166 Å². The second-order valence-corrected chi connectivity index (χ2v) is 7.09. The van der Waals surface area contributed by atoms with E-state index in [-0.39, 0.29) is 24.0 Å². The fourth-order valence-electron chi connectivity index (χ4n) is 3.33. The van der Waals surface area contributed by atoms with Gasteiger partial charge in [-0.15, -0.1) is 0 Å². The SMILES string of the molecule is O=C(CCn1cnc2ccccc2c1=O)N1CC[C@H](Oc2ccncc2Cl)C1. The van der Waals surface area contributed by atoms with Crippen LogP contribution in [0.4, 0.5) is 0 Å². The number of nitrogens with zero attached hydrogens (tertiary/aromatic N) is 4. The van der Waals surface area contributed by atoms with E-state index >= 15 is 0 Å². The molecule has 0 unspecified atom stereocenters. The Morgan fingerprint density at radius 2 is 2.14 bits per heavy atom. The van der Waals surface area contributed by atoms with Gasteiger partial charge in [0.15, 0.2) is 0 Å². The van der Waals surface area contributed by atoms with Gasteiger partial charge in [-0.3, -0.25) is 19.1 Å². The maximum atomic E-state index is 12.6. The number of pyridine rings is 1. The zero-order valence-electron chi connectivity index (χ0n) is 15.1. The third kappa shape index (κ3) is 3.84. The zero-order chi connectivity index (χ0) is 19.5. The van der Waals surface area contributed by atoms with E-state index in [1.54, 1.807) is 35.4 Å². The summed E-state index contributed by atoms with van der Waals surface area (Å²) in [5.74, 6) is 0.566. The molecule has 2 aromatic heterocycles. The number of carbonyl (C=O) groups is 1. The van der Waals surface area contributed by atoms with Gasteiger partial charge < -0.3 is 9.64 Å². The predicted molar refractivity (Wildman–Crippen MR) is 105 cm³/mol. The maximum absolute atomic E-state index is 12.6. The minimum Gasteiger partial charge on any atom is -0.487 e. The van der Waals surface area contributed by atoms with Crippen LogP contribution in [0.25, 0.3) is 10.9 Å². The Morgan fingerprint density at radius 1 is 1.29 bits per heavy atom. The summed E-state index contributed by atoms with van der Waals surface area (Å²) in [6, 6.07) is 8.90. The van der Waals surface area contributed by atoms with Gasteiger partial charge in [-0.25, -0.2) is 4.98 Å². The molecule has 0 radical (unpaired) electrons. The van der Waals surface area contributed by atoms with Crippen LogP contribution in [0.15, 0.2) is 53.8 Å². The first-order chi connectivity index (χ1) is 13.6. The first-order valence-electron chi connectivity index (χ1n) is 9.10. The molecule has 28 heavy (non-hydrogen) atoms. The summed E-state index contributed by atoms with van der Waals surface area (Å²) in [5, 5.41) is 1.01. The highest BCUT2D eigenvalue weighted by molar-refractivity contribution is 6.31. The quantitative estimate of drug-likeness (QED) is 0.660. The van der Waals surface area contributed by atoms with Crippen LogP contribution in [0.2, 0.25) is 5.02 Å². The average Bonchev–Trinajstić information content (AvgIpc) is 3.18. The number of likely N-dealkylation sites (tertiary alicyclic amines) is 1. The number of para-hydroxylation sites is 1. The molecule has 1 atom stereocenters. The zero-order valence-corrected chi connectivity index (χ0v) is 15.9. The molecule has 1 aliphatic heterocycles. The van der Waals surface area contributed by atoms with E-state index in [9.17, 15) is 9.59 Å². The van der Waals surface area contributed by atoms with Gasteiger partial charge in [-0.2, -0.15) is 0 Å². The lowest BCUT2D eigenvalue weighted by molar-refractivity contribution is -0.130. The lowest BCUT2D eigenvalue weighted by atomic mass is 10.2. The van der Waals surface area contributed by atoms with Crippen LogP contribution in [-0.2, 0) is 11.3 Å². The van der Waals surface area contributed by atoms with E-state index < -0.39 is 0 Å². The minimum absolute atomic E-state index is 0.00742. The van der Waals surface area contributed by atoms with E-state index in [2.05, 4.69) is 9.97 Å². The van der Waals surface area contributed by atoms with Crippen molar-refractivity contribution in [3.05, 3.63) is 64.4 Å². The van der Waals surface area contributed by atoms with Crippen molar-refractivity contribution in [2.75, 3.05) is 13.1 Å². The molecule has 1 aliphatic rings. The normalized spacial score (nSPS) is 16.5. The topological polar surface area (TPSA) is 77.3 Å². The molecule has 0 bridgehead atoms. The second kappa shape index (κ2) is 7.98. The first-order valence-corrected chi connectivity index (χ1v) is 9.48. The van der Waals surface area contributed by atoms with Gasteiger partial charge in [0.25, 0.3) is 5.56 Å². The largest absolute Gasteiger partial charge is 0.487 e. The number of halogens is 1. The fourth-order valence-corrected chi connectivity index (χ4v) is 3.49. The first kappa shape index (κ1) is 18.4. The van der Waals surface area contributed by atoms with Crippen molar-refractivity contribution in [2.45, 2.75) is 25.5 Å². The molecule has 1 saturated heterocycles. The fraction of sp³-hybridized carbons (Fsp3) is 0.300. The summed E-state index contributed by atoms with van der Waals surface area (Å²) >= 11 is 6.07. The number of aromatic nitrogens is 3. The van der Waals surface area contributed by atoms with Crippen LogP contribution in [0.5, 0.6) is 5.75 Å². The summed E-state index contributed by atoms with van der Waals surface area (Å²) in [5.41, 5.74) is 0.526. The van der Waals surface area contributed by atoms with E-state index in [0.717, 1.165) is 6.42 Å². The second-order valence-electron chi connectivity index (χ2n) is 6.68. The van der Waals surface area contributed by atoms with Crippen molar-refractivity contribution >= 4 is 28.4 Å². The number of rotatable bonds is 5.